The number of pyridine rings is 1. The molecule has 0 bridgehead atoms. The molecule has 1 aromatic rings. The number of aromatic nitrogens is 1. The monoisotopic (exact) mass is 337 g/mol. The molecule has 0 saturated heterocycles. The van der Waals surface area contributed by atoms with Crippen molar-refractivity contribution in [1.82, 2.24) is 4.98 Å². The lowest BCUT2D eigenvalue weighted by Crippen LogP contribution is -2.54. The molecule has 18 heavy (non-hydrogen) atoms. The number of hydrogen-bond donors (Lipinski definition) is 1. The van der Waals surface area contributed by atoms with Crippen LogP contribution in [0.4, 0.5) is 26.3 Å². The van der Waals surface area contributed by atoms with Crippen LogP contribution < -0.4 is 0 Å². The van der Waals surface area contributed by atoms with Crippen LogP contribution in [0.25, 0.3) is 0 Å². The van der Waals surface area contributed by atoms with E-state index in [2.05, 4.69) is 20.9 Å². The van der Waals surface area contributed by atoms with Gasteiger partial charge in [-0.25, -0.2) is 0 Å². The number of aliphatic hydroxyl groups is 1. The maximum atomic E-state index is 12.5. The molecule has 0 atom stereocenters. The summed E-state index contributed by atoms with van der Waals surface area (Å²) < 4.78 is 75.2. The predicted octanol–water partition coefficient (Wildman–Crippen LogP) is 3.46. The molecule has 0 spiro atoms. The molecule has 1 rings (SSSR count). The molecule has 0 fully saturated rings. The Hall–Kier alpha value is -0.830. The molecular formula is C9H6BrF6NO. The standard InChI is InChI=1S/C9H6BrF6NO/c1-4-2-6(17-3-5(4)10)7(18,8(11,12)13)9(14,15)16/h2-3,18H,1H3. The Labute approximate surface area is 106 Å². The number of nitrogens with zero attached hydrogens (tertiary/aromatic N) is 1. The summed E-state index contributed by atoms with van der Waals surface area (Å²) in [4.78, 5) is 3.01. The van der Waals surface area contributed by atoms with Gasteiger partial charge >= 0.3 is 12.4 Å². The molecule has 1 aromatic heterocycles. The summed E-state index contributed by atoms with van der Waals surface area (Å²) in [5.41, 5.74) is -6.40. The number of rotatable bonds is 1. The molecule has 0 saturated carbocycles. The van der Waals surface area contributed by atoms with Crippen molar-refractivity contribution in [3.05, 3.63) is 28.0 Å². The Morgan fingerprint density at radius 2 is 1.56 bits per heavy atom. The van der Waals surface area contributed by atoms with Gasteiger partial charge in [-0.05, 0) is 34.5 Å². The second-order valence-corrected chi connectivity index (χ2v) is 4.38. The van der Waals surface area contributed by atoms with Gasteiger partial charge in [0.05, 0.1) is 5.69 Å². The van der Waals surface area contributed by atoms with Crippen LogP contribution >= 0.6 is 15.9 Å². The second kappa shape index (κ2) is 4.37. The summed E-state index contributed by atoms with van der Waals surface area (Å²) in [6.07, 6.45) is -11.1. The quantitative estimate of drug-likeness (QED) is 0.796. The van der Waals surface area contributed by atoms with E-state index >= 15 is 0 Å². The van der Waals surface area contributed by atoms with Crippen molar-refractivity contribution in [2.45, 2.75) is 24.9 Å². The van der Waals surface area contributed by atoms with Crippen molar-refractivity contribution in [3.63, 3.8) is 0 Å². The molecular weight excluding hydrogens is 332 g/mol. The van der Waals surface area contributed by atoms with Crippen LogP contribution in [0.2, 0.25) is 0 Å². The van der Waals surface area contributed by atoms with E-state index in [1.807, 2.05) is 0 Å². The first-order chi connectivity index (χ1) is 7.91. The number of hydrogen-bond acceptors (Lipinski definition) is 2. The van der Waals surface area contributed by atoms with Gasteiger partial charge in [-0.1, -0.05) is 0 Å². The molecule has 1 N–H and O–H groups in total. The molecule has 0 unspecified atom stereocenters. The summed E-state index contributed by atoms with van der Waals surface area (Å²) in [6.45, 7) is 1.28. The van der Waals surface area contributed by atoms with E-state index in [4.69, 9.17) is 5.11 Å². The number of alkyl halides is 6. The van der Waals surface area contributed by atoms with Gasteiger partial charge in [-0.15, -0.1) is 0 Å². The Kier molecular flexibility index (Phi) is 3.70. The van der Waals surface area contributed by atoms with Crippen LogP contribution in [0.3, 0.4) is 0 Å². The smallest absolute Gasteiger partial charge is 0.368 e. The second-order valence-electron chi connectivity index (χ2n) is 3.52. The van der Waals surface area contributed by atoms with E-state index in [1.54, 1.807) is 0 Å². The van der Waals surface area contributed by atoms with Gasteiger partial charge in [0.2, 0.25) is 0 Å². The van der Waals surface area contributed by atoms with E-state index in [-0.39, 0.29) is 10.0 Å². The summed E-state index contributed by atoms with van der Waals surface area (Å²) in [6, 6.07) is 0.533. The Balaban J connectivity index is 3.51. The summed E-state index contributed by atoms with van der Waals surface area (Å²) in [7, 11) is 0. The van der Waals surface area contributed by atoms with E-state index in [0.717, 1.165) is 6.20 Å². The van der Waals surface area contributed by atoms with E-state index in [1.165, 1.54) is 6.92 Å². The van der Waals surface area contributed by atoms with E-state index < -0.39 is 23.6 Å². The van der Waals surface area contributed by atoms with Crippen molar-refractivity contribution in [2.24, 2.45) is 0 Å². The van der Waals surface area contributed by atoms with E-state index in [0.29, 0.717) is 6.07 Å². The molecule has 0 aliphatic heterocycles. The molecule has 102 valence electrons. The lowest BCUT2D eigenvalue weighted by molar-refractivity contribution is -0.377. The minimum absolute atomic E-state index is 0.0897. The number of aryl methyl sites for hydroxylation is 1. The molecule has 9 heteroatoms. The van der Waals surface area contributed by atoms with Crippen LogP contribution in [0.1, 0.15) is 11.3 Å². The topological polar surface area (TPSA) is 33.1 Å². The average Bonchev–Trinajstić information content (AvgIpc) is 2.17. The molecule has 0 amide bonds. The first-order valence-corrected chi connectivity index (χ1v) is 5.19. The molecule has 1 heterocycles. The fourth-order valence-electron chi connectivity index (χ4n) is 1.19. The largest absolute Gasteiger partial charge is 0.432 e. The zero-order chi connectivity index (χ0) is 14.4. The van der Waals surface area contributed by atoms with Crippen LogP contribution in [0, 0.1) is 6.92 Å². The van der Waals surface area contributed by atoms with Crippen molar-refractivity contribution >= 4 is 15.9 Å². The van der Waals surface area contributed by atoms with Gasteiger partial charge in [0.1, 0.15) is 0 Å². The minimum Gasteiger partial charge on any atom is -0.368 e. The van der Waals surface area contributed by atoms with Crippen LogP contribution in [0.5, 0.6) is 0 Å². The number of halogens is 7. The SMILES string of the molecule is Cc1cc(C(O)(C(F)(F)F)C(F)(F)F)ncc1Br. The minimum atomic E-state index is -5.92. The summed E-state index contributed by atoms with van der Waals surface area (Å²) >= 11 is 2.89. The van der Waals surface area contributed by atoms with E-state index in [9.17, 15) is 26.3 Å². The normalized spacial score (nSPS) is 13.8. The van der Waals surface area contributed by atoms with Gasteiger partial charge in [0.15, 0.2) is 0 Å². The first-order valence-electron chi connectivity index (χ1n) is 4.39. The maximum Gasteiger partial charge on any atom is 0.432 e. The van der Waals surface area contributed by atoms with Gasteiger partial charge in [0, 0.05) is 10.7 Å². The predicted molar refractivity (Wildman–Crippen MR) is 52.7 cm³/mol. The summed E-state index contributed by atoms with van der Waals surface area (Å²) in [5.74, 6) is 0. The van der Waals surface area contributed by atoms with Crippen LogP contribution in [0.15, 0.2) is 16.7 Å². The molecule has 0 aliphatic carbocycles. The van der Waals surface area contributed by atoms with Gasteiger partial charge in [-0.2, -0.15) is 26.3 Å². The zero-order valence-electron chi connectivity index (χ0n) is 8.69. The average molecular weight is 338 g/mol. The van der Waals surface area contributed by atoms with Gasteiger partial charge < -0.3 is 5.11 Å². The lowest BCUT2D eigenvalue weighted by atomic mass is 9.96. The van der Waals surface area contributed by atoms with Crippen molar-refractivity contribution in [1.29, 1.82) is 0 Å². The van der Waals surface area contributed by atoms with Gasteiger partial charge in [0.25, 0.3) is 5.60 Å². The fourth-order valence-corrected chi connectivity index (χ4v) is 1.41. The highest BCUT2D eigenvalue weighted by Gasteiger charge is 2.72. The highest BCUT2D eigenvalue weighted by Crippen LogP contribution is 2.49. The molecule has 0 aliphatic rings. The fraction of sp³-hybridized carbons (Fsp3) is 0.444. The molecule has 0 aromatic carbocycles. The molecule has 2 nitrogen and oxygen atoms in total. The highest BCUT2D eigenvalue weighted by molar-refractivity contribution is 9.10. The van der Waals surface area contributed by atoms with Crippen molar-refractivity contribution in [2.75, 3.05) is 0 Å². The highest BCUT2D eigenvalue weighted by atomic mass is 79.9. The Morgan fingerprint density at radius 3 is 1.89 bits per heavy atom. The van der Waals surface area contributed by atoms with Crippen LogP contribution in [-0.4, -0.2) is 22.4 Å². The Bertz CT molecular complexity index is 441. The zero-order valence-corrected chi connectivity index (χ0v) is 10.3. The first kappa shape index (κ1) is 15.2. The third kappa shape index (κ3) is 2.33. The lowest BCUT2D eigenvalue weighted by Gasteiger charge is -2.31. The van der Waals surface area contributed by atoms with Crippen molar-refractivity contribution in [3.8, 4) is 0 Å². The van der Waals surface area contributed by atoms with Gasteiger partial charge in [-0.3, -0.25) is 4.98 Å². The molecule has 0 radical (unpaired) electrons. The Morgan fingerprint density at radius 1 is 1.11 bits per heavy atom. The summed E-state index contributed by atoms with van der Waals surface area (Å²) in [5, 5.41) is 9.04. The van der Waals surface area contributed by atoms with Crippen molar-refractivity contribution < 1.29 is 31.4 Å². The third-order valence-corrected chi connectivity index (χ3v) is 3.07. The third-order valence-electron chi connectivity index (χ3n) is 2.24. The maximum absolute atomic E-state index is 12.5. The van der Waals surface area contributed by atoms with Crippen LogP contribution in [-0.2, 0) is 5.60 Å².